The van der Waals surface area contributed by atoms with E-state index in [9.17, 15) is 28.7 Å². The van der Waals surface area contributed by atoms with E-state index in [0.717, 1.165) is 37.1 Å². The fraction of sp³-hybridized carbons (Fsp3) is 0.318. The Kier molecular flexibility index (Phi) is 13.1. The summed E-state index contributed by atoms with van der Waals surface area (Å²) in [6, 6.07) is 20.4. The minimum atomic E-state index is -3.12. The molecule has 3 saturated heterocycles. The molecule has 2 aromatic heterocycles. The van der Waals surface area contributed by atoms with Gasteiger partial charge in [0.05, 0.1) is 24.4 Å². The van der Waals surface area contributed by atoms with Gasteiger partial charge in [-0.3, -0.25) is 20.0 Å². The number of nitrogens with zero attached hydrogens (tertiary/aromatic N) is 4. The summed E-state index contributed by atoms with van der Waals surface area (Å²) in [4.78, 5) is 35.7. The zero-order valence-electron chi connectivity index (χ0n) is 32.1. The van der Waals surface area contributed by atoms with Crippen LogP contribution in [0.4, 0.5) is 19.3 Å². The maximum Gasteiger partial charge on any atom is 0.414 e. The van der Waals surface area contributed by atoms with Crippen molar-refractivity contribution in [2.24, 2.45) is 5.92 Å². The average Bonchev–Trinajstić information content (AvgIpc) is 3.22. The van der Waals surface area contributed by atoms with Gasteiger partial charge in [0.2, 0.25) is 12.4 Å². The Bertz CT molecular complexity index is 2270. The molecule has 3 aliphatic heterocycles. The zero-order chi connectivity index (χ0) is 41.6. The van der Waals surface area contributed by atoms with Crippen LogP contribution in [-0.4, -0.2) is 71.2 Å². The van der Waals surface area contributed by atoms with E-state index in [1.807, 2.05) is 43.3 Å². The number of aromatic carboxylic acids is 1. The molecule has 0 spiro atoms. The lowest BCUT2D eigenvalue weighted by molar-refractivity contribution is -0.904. The summed E-state index contributed by atoms with van der Waals surface area (Å²) in [5.41, 5.74) is 3.80. The van der Waals surface area contributed by atoms with E-state index in [1.54, 1.807) is 35.5 Å². The minimum absolute atomic E-state index is 0.0136. The first-order valence-electron chi connectivity index (χ1n) is 19.3. The number of rotatable bonds is 15. The Morgan fingerprint density at radius 2 is 1.76 bits per heavy atom. The lowest BCUT2D eigenvalue weighted by Gasteiger charge is -2.44. The highest BCUT2D eigenvalue weighted by Gasteiger charge is 2.38. The van der Waals surface area contributed by atoms with Gasteiger partial charge in [-0.05, 0) is 91.7 Å². The van der Waals surface area contributed by atoms with Gasteiger partial charge < -0.3 is 19.3 Å². The van der Waals surface area contributed by atoms with E-state index in [-0.39, 0.29) is 58.7 Å². The number of ether oxygens (including phenoxy) is 3. The van der Waals surface area contributed by atoms with Crippen molar-refractivity contribution >= 4 is 41.0 Å². The quantitative estimate of drug-likeness (QED) is 0.0784. The maximum absolute atomic E-state index is 14.5. The summed E-state index contributed by atoms with van der Waals surface area (Å²) < 4.78 is 44.6. The standard InChI is InChI=1S/C44H42Cl2F2N4O7/c1-2-18-57-40-20-29(10-12-39(40)58-43(47)48)33(21-35-36(45)24-51(56)25-37(35)46)34-19-27(9-11-32(34)42(53)54)23-52(44(55)59-41-26-50-16-13-28(41)14-17-50)38-8-4-3-7-31(38)30-6-5-15-49-22-30/h3-12,15,19-20,22,24-25,28,33,41,43H,2,13-14,16-18,21,23,26H2,1H3,(H-,53,54,56)/p+1/t33-,41-/m0/s1. The van der Waals surface area contributed by atoms with Crippen LogP contribution < -0.4 is 19.1 Å². The number of halogens is 4. The summed E-state index contributed by atoms with van der Waals surface area (Å²) in [6.45, 7) is 1.53. The molecule has 11 nitrogen and oxygen atoms in total. The van der Waals surface area contributed by atoms with E-state index in [4.69, 9.17) is 37.4 Å². The van der Waals surface area contributed by atoms with Crippen LogP contribution in [0.3, 0.4) is 0 Å². The first-order chi connectivity index (χ1) is 28.5. The van der Waals surface area contributed by atoms with Crippen LogP contribution in [-0.2, 0) is 17.7 Å². The number of carbonyl (C=O) groups is 2. The van der Waals surface area contributed by atoms with E-state index < -0.39 is 24.6 Å². The molecule has 2 atom stereocenters. The topological polar surface area (TPSA) is 126 Å². The van der Waals surface area contributed by atoms with Crippen molar-refractivity contribution in [3.8, 4) is 22.6 Å². The molecule has 0 aliphatic carbocycles. The van der Waals surface area contributed by atoms with E-state index in [2.05, 4.69) is 9.88 Å². The summed E-state index contributed by atoms with van der Waals surface area (Å²) in [5.74, 6) is -1.96. The number of aromatic nitrogens is 2. The molecule has 1 amide bonds. The second-order valence-electron chi connectivity index (χ2n) is 14.6. The first-order valence-corrected chi connectivity index (χ1v) is 20.1. The van der Waals surface area contributed by atoms with Gasteiger partial charge in [-0.25, -0.2) is 9.59 Å². The van der Waals surface area contributed by atoms with Crippen LogP contribution in [0.2, 0.25) is 10.0 Å². The number of piperidine rings is 3. The van der Waals surface area contributed by atoms with Crippen LogP contribution in [0.5, 0.6) is 11.5 Å². The number of pyridine rings is 2. The summed E-state index contributed by atoms with van der Waals surface area (Å²) in [5, 5.41) is 21.0. The van der Waals surface area contributed by atoms with E-state index in [1.165, 1.54) is 30.6 Å². The molecule has 3 aliphatic rings. The minimum Gasteiger partial charge on any atom is -0.490 e. The highest BCUT2D eigenvalue weighted by molar-refractivity contribution is 6.35. The SMILES string of the molecule is CCCOc1cc([C@H](Cc2c(Cl)c[n+](O)cc2Cl)c2cc(CN(C(=O)O[C@H]3CN4CCC3CC4)c3ccccc3-c3cccnc3)ccc2C(=O)O)ccc1OC(F)F. The smallest absolute Gasteiger partial charge is 0.414 e. The van der Waals surface area contributed by atoms with E-state index in [0.29, 0.717) is 45.6 Å². The molecule has 308 valence electrons. The third-order valence-corrected chi connectivity index (χ3v) is 11.5. The van der Waals surface area contributed by atoms with Gasteiger partial charge in [-0.1, -0.05) is 72.6 Å². The highest BCUT2D eigenvalue weighted by atomic mass is 35.5. The molecule has 3 aromatic carbocycles. The molecule has 3 fully saturated rings. The van der Waals surface area contributed by atoms with Crippen LogP contribution >= 0.6 is 23.2 Å². The molecule has 5 heterocycles. The summed E-state index contributed by atoms with van der Waals surface area (Å²) in [7, 11) is 0. The van der Waals surface area contributed by atoms with Gasteiger partial charge in [-0.15, -0.1) is 0 Å². The molecule has 0 unspecified atom stereocenters. The third kappa shape index (κ3) is 9.70. The fourth-order valence-corrected chi connectivity index (χ4v) is 8.55. The van der Waals surface area contributed by atoms with Crippen molar-refractivity contribution in [2.75, 3.05) is 31.1 Å². The van der Waals surface area contributed by atoms with Crippen molar-refractivity contribution in [3.05, 3.63) is 135 Å². The Morgan fingerprint density at radius 1 is 1.00 bits per heavy atom. The molecule has 8 rings (SSSR count). The number of hydrogen-bond donors (Lipinski definition) is 2. The fourth-order valence-electron chi connectivity index (χ4n) is 7.94. The van der Waals surface area contributed by atoms with Gasteiger partial charge in [0.15, 0.2) is 11.5 Å². The Labute approximate surface area is 350 Å². The molecule has 0 saturated carbocycles. The van der Waals surface area contributed by atoms with Crippen molar-refractivity contribution in [2.45, 2.75) is 57.8 Å². The number of carboxylic acids is 1. The number of fused-ring (bicyclic) bond motifs is 3. The number of carboxylic acid groups (broad SMARTS) is 1. The Balaban J connectivity index is 1.35. The number of carbonyl (C=O) groups excluding carboxylic acids is 1. The predicted molar refractivity (Wildman–Crippen MR) is 217 cm³/mol. The van der Waals surface area contributed by atoms with Crippen molar-refractivity contribution < 1.29 is 47.6 Å². The predicted octanol–water partition coefficient (Wildman–Crippen LogP) is 9.28. The Hall–Kier alpha value is -5.50. The van der Waals surface area contributed by atoms with Crippen molar-refractivity contribution in [1.29, 1.82) is 0 Å². The number of amides is 1. The first kappa shape index (κ1) is 41.7. The van der Waals surface area contributed by atoms with Crippen LogP contribution in [0, 0.1) is 5.92 Å². The van der Waals surface area contributed by atoms with E-state index >= 15 is 0 Å². The molecular formula is C44H43Cl2F2N4O7+. The van der Waals surface area contributed by atoms with Gasteiger partial charge in [0, 0.05) is 46.3 Å². The average molecular weight is 849 g/mol. The second kappa shape index (κ2) is 18.6. The molecular weight excluding hydrogens is 805 g/mol. The molecule has 15 heteroatoms. The summed E-state index contributed by atoms with van der Waals surface area (Å²) in [6.07, 6.45) is 7.53. The molecule has 2 bridgehead atoms. The van der Waals surface area contributed by atoms with Crippen molar-refractivity contribution in [3.63, 3.8) is 0 Å². The van der Waals surface area contributed by atoms with Crippen LogP contribution in [0.25, 0.3) is 11.1 Å². The normalized spacial score (nSPS) is 17.7. The monoisotopic (exact) mass is 847 g/mol. The third-order valence-electron chi connectivity index (χ3n) is 10.8. The van der Waals surface area contributed by atoms with Gasteiger partial charge in [0.1, 0.15) is 16.1 Å². The molecule has 2 N–H and O–H groups in total. The highest BCUT2D eigenvalue weighted by Crippen LogP contribution is 2.41. The lowest BCUT2D eigenvalue weighted by Crippen LogP contribution is -2.53. The maximum atomic E-state index is 14.5. The lowest BCUT2D eigenvalue weighted by atomic mass is 9.82. The van der Waals surface area contributed by atoms with Gasteiger partial charge in [0.25, 0.3) is 0 Å². The largest absolute Gasteiger partial charge is 0.490 e. The number of hydrogen-bond acceptors (Lipinski definition) is 8. The Morgan fingerprint density at radius 3 is 2.42 bits per heavy atom. The zero-order valence-corrected chi connectivity index (χ0v) is 33.7. The number of alkyl halides is 2. The molecule has 59 heavy (non-hydrogen) atoms. The molecule has 5 aromatic rings. The number of para-hydroxylation sites is 1. The number of anilines is 1. The number of benzene rings is 3. The van der Waals surface area contributed by atoms with Gasteiger partial charge in [-0.2, -0.15) is 8.78 Å². The van der Waals surface area contributed by atoms with Crippen LogP contribution in [0.15, 0.2) is 97.6 Å². The van der Waals surface area contributed by atoms with Crippen molar-refractivity contribution in [1.82, 2.24) is 9.88 Å². The molecule has 0 radical (unpaired) electrons. The second-order valence-corrected chi connectivity index (χ2v) is 15.4. The van der Waals surface area contributed by atoms with Gasteiger partial charge >= 0.3 is 18.7 Å². The van der Waals surface area contributed by atoms with Crippen LogP contribution in [0.1, 0.15) is 64.7 Å². The summed E-state index contributed by atoms with van der Waals surface area (Å²) >= 11 is 13.3.